The summed E-state index contributed by atoms with van der Waals surface area (Å²) in [5.41, 5.74) is 1.78. The molecule has 3 rings (SSSR count). The molecule has 2 N–H and O–H groups in total. The van der Waals surface area contributed by atoms with Crippen molar-refractivity contribution in [2.45, 2.75) is 57.7 Å². The van der Waals surface area contributed by atoms with E-state index in [-0.39, 0.29) is 24.1 Å². The van der Waals surface area contributed by atoms with Gasteiger partial charge in [0.05, 0.1) is 6.61 Å². The van der Waals surface area contributed by atoms with Crippen LogP contribution in [0.15, 0.2) is 24.3 Å². The normalized spacial score (nSPS) is 24.4. The van der Waals surface area contributed by atoms with Gasteiger partial charge in [-0.25, -0.2) is 4.79 Å². The van der Waals surface area contributed by atoms with Crippen molar-refractivity contribution in [2.24, 2.45) is 0 Å². The molecular weight excluding hydrogens is 330 g/mol. The van der Waals surface area contributed by atoms with Crippen molar-refractivity contribution < 1.29 is 14.3 Å². The first-order valence-corrected chi connectivity index (χ1v) is 9.61. The van der Waals surface area contributed by atoms with Crippen LogP contribution >= 0.6 is 0 Å². The van der Waals surface area contributed by atoms with Crippen molar-refractivity contribution >= 4 is 12.0 Å². The number of rotatable bonds is 6. The summed E-state index contributed by atoms with van der Waals surface area (Å²) in [5, 5.41) is 6.50. The molecule has 0 aromatic heterocycles. The zero-order valence-electron chi connectivity index (χ0n) is 15.7. The molecule has 1 aromatic carbocycles. The number of nitrogens with zero attached hydrogens (tertiary/aromatic N) is 1. The number of ether oxygens (including phenoxy) is 1. The molecule has 2 aliphatic heterocycles. The number of hydrogen-bond donors (Lipinski definition) is 2. The number of nitrogens with one attached hydrogen (secondary N) is 2. The summed E-state index contributed by atoms with van der Waals surface area (Å²) in [5.74, 6) is -0.0345. The maximum atomic E-state index is 12.1. The Kier molecular flexibility index (Phi) is 6.14. The molecular formula is C20H29N3O3. The molecule has 2 atom stereocenters. The monoisotopic (exact) mass is 359 g/mol. The summed E-state index contributed by atoms with van der Waals surface area (Å²) in [6, 6.07) is 8.57. The Morgan fingerprint density at radius 2 is 1.92 bits per heavy atom. The summed E-state index contributed by atoms with van der Waals surface area (Å²) < 4.78 is 5.19. The third kappa shape index (κ3) is 4.36. The fourth-order valence-corrected chi connectivity index (χ4v) is 4.18. The van der Waals surface area contributed by atoms with E-state index in [2.05, 4.69) is 10.6 Å². The predicted molar refractivity (Wildman–Crippen MR) is 100 cm³/mol. The lowest BCUT2D eigenvalue weighted by atomic mass is 9.98. The van der Waals surface area contributed by atoms with Gasteiger partial charge in [-0.05, 0) is 51.7 Å². The van der Waals surface area contributed by atoms with Gasteiger partial charge in [0, 0.05) is 36.8 Å². The molecule has 0 spiro atoms. The molecule has 26 heavy (non-hydrogen) atoms. The van der Waals surface area contributed by atoms with Crippen LogP contribution in [-0.2, 0) is 4.74 Å². The first kappa shape index (κ1) is 18.7. The quantitative estimate of drug-likeness (QED) is 0.766. The van der Waals surface area contributed by atoms with E-state index in [4.69, 9.17) is 4.74 Å². The van der Waals surface area contributed by atoms with Gasteiger partial charge in [-0.2, -0.15) is 0 Å². The van der Waals surface area contributed by atoms with E-state index >= 15 is 0 Å². The van der Waals surface area contributed by atoms with Crippen molar-refractivity contribution in [3.63, 3.8) is 0 Å². The van der Waals surface area contributed by atoms with Gasteiger partial charge in [-0.3, -0.25) is 4.79 Å². The molecule has 2 aliphatic rings. The second kappa shape index (κ2) is 8.54. The van der Waals surface area contributed by atoms with Crippen molar-refractivity contribution in [2.75, 3.05) is 19.7 Å². The van der Waals surface area contributed by atoms with Gasteiger partial charge in [0.2, 0.25) is 0 Å². The number of fused-ring (bicyclic) bond motifs is 2. The summed E-state index contributed by atoms with van der Waals surface area (Å²) in [4.78, 5) is 26.2. The minimum Gasteiger partial charge on any atom is -0.450 e. The van der Waals surface area contributed by atoms with Gasteiger partial charge in [-0.1, -0.05) is 17.7 Å². The molecule has 2 unspecified atom stereocenters. The Labute approximate surface area is 155 Å². The van der Waals surface area contributed by atoms with Crippen LogP contribution in [-0.4, -0.2) is 54.7 Å². The van der Waals surface area contributed by atoms with E-state index in [1.807, 2.05) is 43.0 Å². The largest absolute Gasteiger partial charge is 0.450 e. The van der Waals surface area contributed by atoms with E-state index in [9.17, 15) is 9.59 Å². The molecule has 2 saturated heterocycles. The van der Waals surface area contributed by atoms with Crippen LogP contribution in [0.2, 0.25) is 0 Å². The molecule has 0 saturated carbocycles. The summed E-state index contributed by atoms with van der Waals surface area (Å²) in [6.45, 7) is 5.59. The molecule has 6 heteroatoms. The number of carbonyl (C=O) groups excluding carboxylic acids is 2. The molecule has 2 amide bonds. The smallest absolute Gasteiger partial charge is 0.410 e. The van der Waals surface area contributed by atoms with Crippen LogP contribution in [0.1, 0.15) is 48.5 Å². The topological polar surface area (TPSA) is 70.7 Å². The number of carbonyl (C=O) groups is 2. The molecule has 0 radical (unpaired) electrons. The van der Waals surface area contributed by atoms with E-state index in [0.717, 1.165) is 37.8 Å². The summed E-state index contributed by atoms with van der Waals surface area (Å²) >= 11 is 0. The third-order valence-corrected chi connectivity index (χ3v) is 5.34. The van der Waals surface area contributed by atoms with Crippen LogP contribution in [0.5, 0.6) is 0 Å². The van der Waals surface area contributed by atoms with E-state index in [1.165, 1.54) is 0 Å². The average molecular weight is 359 g/mol. The molecule has 1 aromatic rings. The highest BCUT2D eigenvalue weighted by molar-refractivity contribution is 5.94. The minimum atomic E-state index is -0.163. The third-order valence-electron chi connectivity index (χ3n) is 5.34. The standard InChI is InChI=1S/C20H29N3O3/c1-3-26-20(25)23-17-7-8-18(23)13-16(12-17)21-9-10-22-19(24)15-6-4-5-14(2)11-15/h4-6,11,16-18,21H,3,7-10,12-13H2,1-2H3,(H,22,24). The minimum absolute atomic E-state index is 0.0345. The van der Waals surface area contributed by atoms with Gasteiger partial charge in [0.15, 0.2) is 0 Å². The number of benzene rings is 1. The Balaban J connectivity index is 1.40. The second-order valence-corrected chi connectivity index (χ2v) is 7.24. The highest BCUT2D eigenvalue weighted by Gasteiger charge is 2.43. The van der Waals surface area contributed by atoms with Gasteiger partial charge in [0.1, 0.15) is 0 Å². The number of amides is 2. The van der Waals surface area contributed by atoms with Gasteiger partial charge in [0.25, 0.3) is 5.91 Å². The van der Waals surface area contributed by atoms with Crippen LogP contribution < -0.4 is 10.6 Å². The van der Waals surface area contributed by atoms with Crippen molar-refractivity contribution in [3.8, 4) is 0 Å². The van der Waals surface area contributed by atoms with E-state index in [0.29, 0.717) is 24.8 Å². The lowest BCUT2D eigenvalue weighted by molar-refractivity contribution is 0.0659. The van der Waals surface area contributed by atoms with Crippen molar-refractivity contribution in [1.29, 1.82) is 0 Å². The highest BCUT2D eigenvalue weighted by Crippen LogP contribution is 2.36. The van der Waals surface area contributed by atoms with Gasteiger partial charge in [-0.15, -0.1) is 0 Å². The average Bonchev–Trinajstić information content (AvgIpc) is 2.89. The zero-order chi connectivity index (χ0) is 18.5. The van der Waals surface area contributed by atoms with E-state index < -0.39 is 0 Å². The Morgan fingerprint density at radius 1 is 1.19 bits per heavy atom. The number of piperidine rings is 1. The van der Waals surface area contributed by atoms with Crippen LogP contribution in [0.25, 0.3) is 0 Å². The van der Waals surface area contributed by atoms with E-state index in [1.54, 1.807) is 0 Å². The zero-order valence-corrected chi connectivity index (χ0v) is 15.7. The number of hydrogen-bond acceptors (Lipinski definition) is 4. The highest BCUT2D eigenvalue weighted by atomic mass is 16.6. The van der Waals surface area contributed by atoms with Crippen LogP contribution in [0.3, 0.4) is 0 Å². The predicted octanol–water partition coefficient (Wildman–Crippen LogP) is 2.47. The van der Waals surface area contributed by atoms with Crippen LogP contribution in [0, 0.1) is 6.92 Å². The lowest BCUT2D eigenvalue weighted by Crippen LogP contribution is -2.52. The first-order chi connectivity index (χ1) is 12.6. The number of aryl methyl sites for hydroxylation is 1. The maximum Gasteiger partial charge on any atom is 0.410 e. The summed E-state index contributed by atoms with van der Waals surface area (Å²) in [6.07, 6.45) is 3.88. The molecule has 2 bridgehead atoms. The Hall–Kier alpha value is -2.08. The summed E-state index contributed by atoms with van der Waals surface area (Å²) in [7, 11) is 0. The van der Waals surface area contributed by atoms with Crippen molar-refractivity contribution in [3.05, 3.63) is 35.4 Å². The molecule has 2 heterocycles. The van der Waals surface area contributed by atoms with Gasteiger partial charge >= 0.3 is 6.09 Å². The van der Waals surface area contributed by atoms with Crippen LogP contribution in [0.4, 0.5) is 4.79 Å². The lowest BCUT2D eigenvalue weighted by Gasteiger charge is -2.38. The van der Waals surface area contributed by atoms with Crippen molar-refractivity contribution in [1.82, 2.24) is 15.5 Å². The Bertz CT molecular complexity index is 635. The fraction of sp³-hybridized carbons (Fsp3) is 0.600. The van der Waals surface area contributed by atoms with Gasteiger partial charge < -0.3 is 20.3 Å². The second-order valence-electron chi connectivity index (χ2n) is 7.24. The Morgan fingerprint density at radius 3 is 2.58 bits per heavy atom. The molecule has 2 fully saturated rings. The SMILES string of the molecule is CCOC(=O)N1C2CCC1CC(NCCNC(=O)c1cccc(C)c1)C2. The molecule has 0 aliphatic carbocycles. The molecule has 142 valence electrons. The fourth-order valence-electron chi connectivity index (χ4n) is 4.18. The molecule has 6 nitrogen and oxygen atoms in total. The first-order valence-electron chi connectivity index (χ1n) is 9.61. The maximum absolute atomic E-state index is 12.1.